The quantitative estimate of drug-likeness (QED) is 0.480. The Labute approximate surface area is 164 Å². The van der Waals surface area contributed by atoms with Crippen molar-refractivity contribution in [2.24, 2.45) is 0 Å². The molecule has 0 radical (unpaired) electrons. The molecule has 3 atom stereocenters. The third-order valence-electron chi connectivity index (χ3n) is 5.07. The van der Waals surface area contributed by atoms with Gasteiger partial charge in [0.1, 0.15) is 29.9 Å². The topological polar surface area (TPSA) is 128 Å². The lowest BCUT2D eigenvalue weighted by molar-refractivity contribution is -0.0454. The van der Waals surface area contributed by atoms with E-state index in [2.05, 4.69) is 15.0 Å². The van der Waals surface area contributed by atoms with Crippen LogP contribution in [0.1, 0.15) is 12.6 Å². The number of H-pyrrole nitrogens is 1. The van der Waals surface area contributed by atoms with Crippen molar-refractivity contribution >= 4 is 27.8 Å². The standard InChI is InChI=1S/C20H19N5O4/c21-17-4-2-11-1-3-12(7-15(11)24-17)28-9-13-8-16(26)20(29-13)25-6-5-14-18(25)22-10-23-19(14)27/h1-7,10,13,16,20,26H,8-9H2,(H2,21,24)(H,22,23,27)/t13-,16+,20+/m0/s1. The number of aromatic nitrogens is 4. The van der Waals surface area contributed by atoms with Crippen LogP contribution in [-0.2, 0) is 4.74 Å². The number of nitrogens with zero attached hydrogens (tertiary/aromatic N) is 3. The van der Waals surface area contributed by atoms with E-state index < -0.39 is 12.3 Å². The molecule has 3 aromatic heterocycles. The van der Waals surface area contributed by atoms with Gasteiger partial charge in [0.2, 0.25) is 0 Å². The number of benzene rings is 1. The first kappa shape index (κ1) is 17.7. The Morgan fingerprint density at radius 3 is 3.07 bits per heavy atom. The van der Waals surface area contributed by atoms with Crippen LogP contribution in [0.4, 0.5) is 5.82 Å². The fraction of sp³-hybridized carbons (Fsp3) is 0.250. The fourth-order valence-corrected chi connectivity index (χ4v) is 3.67. The van der Waals surface area contributed by atoms with Gasteiger partial charge in [-0.05, 0) is 30.3 Å². The summed E-state index contributed by atoms with van der Waals surface area (Å²) in [7, 11) is 0. The molecule has 4 heterocycles. The molecule has 0 amide bonds. The highest BCUT2D eigenvalue weighted by Gasteiger charge is 2.36. The number of hydrogen-bond acceptors (Lipinski definition) is 7. The zero-order chi connectivity index (χ0) is 20.0. The van der Waals surface area contributed by atoms with Crippen LogP contribution in [0.2, 0.25) is 0 Å². The van der Waals surface area contributed by atoms with E-state index in [0.29, 0.717) is 29.0 Å². The van der Waals surface area contributed by atoms with Gasteiger partial charge in [-0.15, -0.1) is 0 Å². The van der Waals surface area contributed by atoms with Gasteiger partial charge in [0.05, 0.1) is 23.3 Å². The van der Waals surface area contributed by atoms with Crippen molar-refractivity contribution in [3.05, 3.63) is 59.3 Å². The molecule has 29 heavy (non-hydrogen) atoms. The van der Waals surface area contributed by atoms with Gasteiger partial charge in [0.15, 0.2) is 6.23 Å². The van der Waals surface area contributed by atoms with E-state index in [1.807, 2.05) is 24.3 Å². The van der Waals surface area contributed by atoms with Crippen LogP contribution < -0.4 is 16.0 Å². The third kappa shape index (κ3) is 3.20. The molecule has 0 unspecified atom stereocenters. The van der Waals surface area contributed by atoms with Crippen molar-refractivity contribution in [3.8, 4) is 5.75 Å². The highest BCUT2D eigenvalue weighted by molar-refractivity contribution is 5.81. The summed E-state index contributed by atoms with van der Waals surface area (Å²) in [5, 5.41) is 11.9. The van der Waals surface area contributed by atoms with Crippen molar-refractivity contribution in [2.75, 3.05) is 12.3 Å². The maximum absolute atomic E-state index is 11.9. The molecule has 5 rings (SSSR count). The molecule has 0 bridgehead atoms. The molecule has 0 saturated carbocycles. The third-order valence-corrected chi connectivity index (χ3v) is 5.07. The summed E-state index contributed by atoms with van der Waals surface area (Å²) >= 11 is 0. The SMILES string of the molecule is Nc1ccc2ccc(OC[C@@H]3C[C@@H](O)[C@H](n4ccc5c(=O)[nH]cnc54)O3)cc2n1. The Morgan fingerprint density at radius 2 is 2.17 bits per heavy atom. The zero-order valence-electron chi connectivity index (χ0n) is 15.4. The van der Waals surface area contributed by atoms with Crippen LogP contribution in [0.25, 0.3) is 21.9 Å². The molecule has 1 aromatic carbocycles. The van der Waals surface area contributed by atoms with E-state index in [1.54, 1.807) is 22.9 Å². The van der Waals surface area contributed by atoms with E-state index in [4.69, 9.17) is 15.2 Å². The number of nitrogen functional groups attached to an aromatic ring is 1. The number of pyridine rings is 1. The lowest BCUT2D eigenvalue weighted by Crippen LogP contribution is -2.20. The largest absolute Gasteiger partial charge is 0.491 e. The molecule has 0 spiro atoms. The molecule has 4 N–H and O–H groups in total. The van der Waals surface area contributed by atoms with Gasteiger partial charge in [-0.25, -0.2) is 9.97 Å². The van der Waals surface area contributed by atoms with E-state index in [0.717, 1.165) is 10.9 Å². The molecule has 1 aliphatic rings. The van der Waals surface area contributed by atoms with Crippen LogP contribution in [0.3, 0.4) is 0 Å². The van der Waals surface area contributed by atoms with Gasteiger partial charge in [0.25, 0.3) is 5.56 Å². The monoisotopic (exact) mass is 393 g/mol. The van der Waals surface area contributed by atoms with Crippen LogP contribution in [0, 0.1) is 0 Å². The number of anilines is 1. The van der Waals surface area contributed by atoms with Crippen LogP contribution >= 0.6 is 0 Å². The molecule has 148 valence electrons. The normalized spacial score (nSPS) is 21.8. The molecule has 1 fully saturated rings. The molecule has 1 saturated heterocycles. The van der Waals surface area contributed by atoms with Gasteiger partial charge in [0, 0.05) is 24.1 Å². The van der Waals surface area contributed by atoms with Gasteiger partial charge in [-0.1, -0.05) is 0 Å². The predicted octanol–water partition coefficient (Wildman–Crippen LogP) is 1.58. The number of aliphatic hydroxyl groups is 1. The Kier molecular flexibility index (Phi) is 4.18. The number of nitrogens with one attached hydrogen (secondary N) is 1. The molecule has 0 aliphatic carbocycles. The molecule has 9 heteroatoms. The summed E-state index contributed by atoms with van der Waals surface area (Å²) in [5.74, 6) is 1.10. The van der Waals surface area contributed by atoms with Crippen molar-refractivity contribution in [3.63, 3.8) is 0 Å². The Morgan fingerprint density at radius 1 is 1.31 bits per heavy atom. The second-order valence-electron chi connectivity index (χ2n) is 7.05. The second-order valence-corrected chi connectivity index (χ2v) is 7.05. The maximum Gasteiger partial charge on any atom is 0.260 e. The molecule has 1 aliphatic heterocycles. The van der Waals surface area contributed by atoms with E-state index in [-0.39, 0.29) is 18.3 Å². The van der Waals surface area contributed by atoms with Gasteiger partial charge in [-0.2, -0.15) is 0 Å². The lowest BCUT2D eigenvalue weighted by atomic mass is 10.2. The van der Waals surface area contributed by atoms with Gasteiger partial charge < -0.3 is 29.9 Å². The first-order valence-corrected chi connectivity index (χ1v) is 9.25. The minimum absolute atomic E-state index is 0.230. The van der Waals surface area contributed by atoms with Gasteiger partial charge in [-0.3, -0.25) is 4.79 Å². The average molecular weight is 393 g/mol. The first-order valence-electron chi connectivity index (χ1n) is 9.25. The number of aliphatic hydroxyl groups excluding tert-OH is 1. The summed E-state index contributed by atoms with van der Waals surface area (Å²) in [6.45, 7) is 0.272. The number of fused-ring (bicyclic) bond motifs is 2. The van der Waals surface area contributed by atoms with Crippen molar-refractivity contribution in [1.82, 2.24) is 19.5 Å². The zero-order valence-corrected chi connectivity index (χ0v) is 15.4. The van der Waals surface area contributed by atoms with Crippen LogP contribution in [0.5, 0.6) is 5.75 Å². The highest BCUT2D eigenvalue weighted by atomic mass is 16.6. The van der Waals surface area contributed by atoms with Crippen LogP contribution in [0.15, 0.2) is 53.7 Å². The summed E-state index contributed by atoms with van der Waals surface area (Å²) in [6, 6.07) is 10.9. The van der Waals surface area contributed by atoms with Crippen molar-refractivity contribution in [1.29, 1.82) is 0 Å². The minimum atomic E-state index is -0.738. The van der Waals surface area contributed by atoms with Crippen LogP contribution in [-0.4, -0.2) is 43.4 Å². The van der Waals surface area contributed by atoms with Crippen molar-refractivity contribution in [2.45, 2.75) is 24.9 Å². The summed E-state index contributed by atoms with van der Waals surface area (Å²) < 4.78 is 13.5. The maximum atomic E-state index is 11.9. The van der Waals surface area contributed by atoms with Gasteiger partial charge >= 0.3 is 0 Å². The van der Waals surface area contributed by atoms with E-state index in [1.165, 1.54) is 6.33 Å². The van der Waals surface area contributed by atoms with Crippen molar-refractivity contribution < 1.29 is 14.6 Å². The Balaban J connectivity index is 1.31. The molecular formula is C20H19N5O4. The minimum Gasteiger partial charge on any atom is -0.491 e. The number of hydrogen-bond donors (Lipinski definition) is 3. The average Bonchev–Trinajstić information content (AvgIpc) is 3.30. The second kappa shape index (κ2) is 6.87. The molecule has 9 nitrogen and oxygen atoms in total. The highest BCUT2D eigenvalue weighted by Crippen LogP contribution is 2.31. The van der Waals surface area contributed by atoms with E-state index >= 15 is 0 Å². The Hall–Kier alpha value is -3.43. The fourth-order valence-electron chi connectivity index (χ4n) is 3.67. The smallest absolute Gasteiger partial charge is 0.260 e. The summed E-state index contributed by atoms with van der Waals surface area (Å²) in [5.41, 5.74) is 6.74. The number of nitrogens with two attached hydrogens (primary N) is 1. The Bertz CT molecular complexity index is 1250. The summed E-state index contributed by atoms with van der Waals surface area (Å²) in [6.07, 6.45) is 1.77. The molecular weight excluding hydrogens is 374 g/mol. The first-order chi connectivity index (χ1) is 14.1. The number of aromatic amines is 1. The molecule has 4 aromatic rings. The summed E-state index contributed by atoms with van der Waals surface area (Å²) in [4.78, 5) is 22.9. The van der Waals surface area contributed by atoms with E-state index in [9.17, 15) is 9.90 Å². The lowest BCUT2D eigenvalue weighted by Gasteiger charge is -2.17. The number of ether oxygens (including phenoxy) is 2. The number of rotatable bonds is 4. The predicted molar refractivity (Wildman–Crippen MR) is 107 cm³/mol.